The van der Waals surface area contributed by atoms with Crippen molar-refractivity contribution in [3.63, 3.8) is 0 Å². The number of hydrogen-bond donors (Lipinski definition) is 2. The van der Waals surface area contributed by atoms with Gasteiger partial charge in [-0.15, -0.1) is 0 Å². The molecule has 0 heterocycles. The Balaban J connectivity index is 1.90. The number of hydrogen-bond acceptors (Lipinski definition) is 3. The van der Waals surface area contributed by atoms with Crippen LogP contribution in [0.25, 0.3) is 0 Å². The Morgan fingerprint density at radius 3 is 2.54 bits per heavy atom. The van der Waals surface area contributed by atoms with Crippen molar-refractivity contribution in [1.82, 2.24) is 10.0 Å². The van der Waals surface area contributed by atoms with Gasteiger partial charge in [-0.1, -0.05) is 41.4 Å². The molecular formula is C17H17BrCl2N2O3S. The van der Waals surface area contributed by atoms with Crippen LogP contribution in [0.1, 0.15) is 24.9 Å². The molecule has 2 aromatic carbocycles. The molecule has 2 aromatic rings. The van der Waals surface area contributed by atoms with Crippen LogP contribution in [0.5, 0.6) is 0 Å². The molecule has 0 aliphatic heterocycles. The van der Waals surface area contributed by atoms with E-state index in [1.807, 2.05) is 0 Å². The molecule has 0 radical (unpaired) electrons. The van der Waals surface area contributed by atoms with E-state index in [0.717, 1.165) is 5.56 Å². The highest BCUT2D eigenvalue weighted by Crippen LogP contribution is 2.26. The van der Waals surface area contributed by atoms with Gasteiger partial charge in [0.05, 0.1) is 10.9 Å². The van der Waals surface area contributed by atoms with Gasteiger partial charge in [-0.2, -0.15) is 0 Å². The molecule has 9 heteroatoms. The molecule has 140 valence electrons. The Kier molecular flexibility index (Phi) is 7.49. The number of nitrogens with one attached hydrogen (secondary N) is 2. The third-order valence-corrected chi connectivity index (χ3v) is 6.61. The van der Waals surface area contributed by atoms with Gasteiger partial charge in [-0.25, -0.2) is 13.1 Å². The average molecular weight is 480 g/mol. The van der Waals surface area contributed by atoms with Crippen molar-refractivity contribution in [2.75, 3.05) is 6.54 Å². The first kappa shape index (κ1) is 21.2. The van der Waals surface area contributed by atoms with Gasteiger partial charge in [0.1, 0.15) is 0 Å². The third-order valence-electron chi connectivity index (χ3n) is 3.58. The number of benzene rings is 2. The van der Waals surface area contributed by atoms with Gasteiger partial charge in [0.25, 0.3) is 0 Å². The second-order valence-corrected chi connectivity index (χ2v) is 8.97. The molecule has 1 atom stereocenters. The van der Waals surface area contributed by atoms with Gasteiger partial charge < -0.3 is 5.32 Å². The maximum Gasteiger partial charge on any atom is 0.241 e. The maximum atomic E-state index is 12.3. The molecule has 5 nitrogen and oxygen atoms in total. The first-order valence-electron chi connectivity index (χ1n) is 7.69. The van der Waals surface area contributed by atoms with E-state index < -0.39 is 10.0 Å². The first-order valence-corrected chi connectivity index (χ1v) is 10.7. The Hall–Kier alpha value is -1.12. The van der Waals surface area contributed by atoms with E-state index in [1.54, 1.807) is 43.3 Å². The Labute approximate surface area is 171 Å². The van der Waals surface area contributed by atoms with Gasteiger partial charge in [0, 0.05) is 27.5 Å². The van der Waals surface area contributed by atoms with Gasteiger partial charge in [-0.05, 0) is 52.7 Å². The molecule has 26 heavy (non-hydrogen) atoms. The Bertz CT molecular complexity index is 907. The Morgan fingerprint density at radius 1 is 1.19 bits per heavy atom. The van der Waals surface area contributed by atoms with Crippen molar-refractivity contribution in [2.45, 2.75) is 24.3 Å². The number of sulfonamides is 1. The van der Waals surface area contributed by atoms with E-state index in [9.17, 15) is 13.2 Å². The van der Waals surface area contributed by atoms with Gasteiger partial charge >= 0.3 is 0 Å². The highest BCUT2D eigenvalue weighted by molar-refractivity contribution is 9.10. The standard InChI is InChI=1S/C17H17BrCl2N2O3S/c1-11(13-7-6-12(19)10-15(13)20)22-17(23)8-9-21-26(24,25)16-5-3-2-4-14(16)18/h2-7,10-11,21H,8-9H2,1H3,(H,22,23). The summed E-state index contributed by atoms with van der Waals surface area (Å²) in [6.45, 7) is 1.77. The second-order valence-electron chi connectivity index (χ2n) is 5.53. The quantitative estimate of drug-likeness (QED) is 0.621. The smallest absolute Gasteiger partial charge is 0.241 e. The van der Waals surface area contributed by atoms with Crippen molar-refractivity contribution in [3.05, 3.63) is 62.5 Å². The summed E-state index contributed by atoms with van der Waals surface area (Å²) in [5.74, 6) is -0.293. The van der Waals surface area contributed by atoms with Crippen LogP contribution < -0.4 is 10.0 Å². The molecule has 0 aliphatic rings. The summed E-state index contributed by atoms with van der Waals surface area (Å²) in [6.07, 6.45) is -0.000762. The molecule has 1 unspecified atom stereocenters. The van der Waals surface area contributed by atoms with Crippen LogP contribution in [0.15, 0.2) is 51.8 Å². The van der Waals surface area contributed by atoms with Crippen LogP contribution in [0.2, 0.25) is 10.0 Å². The molecule has 0 aliphatic carbocycles. The van der Waals surface area contributed by atoms with E-state index in [-0.39, 0.29) is 29.8 Å². The minimum absolute atomic E-state index is 0.000762. The predicted octanol–water partition coefficient (Wildman–Crippen LogP) is 4.30. The molecule has 0 fully saturated rings. The number of amides is 1. The van der Waals surface area contributed by atoms with E-state index in [2.05, 4.69) is 26.0 Å². The van der Waals surface area contributed by atoms with Crippen LogP contribution in [0.3, 0.4) is 0 Å². The number of carbonyl (C=O) groups excluding carboxylic acids is 1. The predicted molar refractivity (Wildman–Crippen MR) is 107 cm³/mol. The van der Waals surface area contributed by atoms with Crippen LogP contribution >= 0.6 is 39.1 Å². The molecule has 0 aromatic heterocycles. The lowest BCUT2D eigenvalue weighted by Gasteiger charge is -2.16. The topological polar surface area (TPSA) is 75.3 Å². The number of rotatable bonds is 7. The van der Waals surface area contributed by atoms with Gasteiger partial charge in [0.2, 0.25) is 15.9 Å². The summed E-state index contributed by atoms with van der Waals surface area (Å²) in [6, 6.07) is 11.2. The fourth-order valence-electron chi connectivity index (χ4n) is 2.28. The Morgan fingerprint density at radius 2 is 1.88 bits per heavy atom. The average Bonchev–Trinajstić information content (AvgIpc) is 2.54. The SMILES string of the molecule is CC(NC(=O)CCNS(=O)(=O)c1ccccc1Br)c1ccc(Cl)cc1Cl. The molecular weight excluding hydrogens is 463 g/mol. The normalized spacial score (nSPS) is 12.6. The molecule has 0 saturated carbocycles. The van der Waals surface area contributed by atoms with Crippen LogP contribution in [-0.4, -0.2) is 20.9 Å². The van der Waals surface area contributed by atoms with E-state index in [4.69, 9.17) is 23.2 Å². The minimum Gasteiger partial charge on any atom is -0.349 e. The lowest BCUT2D eigenvalue weighted by atomic mass is 10.1. The van der Waals surface area contributed by atoms with Crippen molar-refractivity contribution < 1.29 is 13.2 Å². The summed E-state index contributed by atoms with van der Waals surface area (Å²) in [4.78, 5) is 12.2. The zero-order chi connectivity index (χ0) is 19.3. The summed E-state index contributed by atoms with van der Waals surface area (Å²) in [5, 5.41) is 3.75. The van der Waals surface area contributed by atoms with E-state index >= 15 is 0 Å². The maximum absolute atomic E-state index is 12.3. The van der Waals surface area contributed by atoms with Crippen LogP contribution in [0.4, 0.5) is 0 Å². The van der Waals surface area contributed by atoms with E-state index in [1.165, 1.54) is 6.07 Å². The summed E-state index contributed by atoms with van der Waals surface area (Å²) in [5.41, 5.74) is 0.734. The number of carbonyl (C=O) groups is 1. The third kappa shape index (κ3) is 5.69. The largest absolute Gasteiger partial charge is 0.349 e. The molecule has 2 rings (SSSR count). The van der Waals surface area contributed by atoms with Crippen molar-refractivity contribution >= 4 is 55.1 Å². The first-order chi connectivity index (χ1) is 12.2. The lowest BCUT2D eigenvalue weighted by Crippen LogP contribution is -2.32. The van der Waals surface area contributed by atoms with Gasteiger partial charge in [-0.3, -0.25) is 4.79 Å². The van der Waals surface area contributed by atoms with Gasteiger partial charge in [0.15, 0.2) is 0 Å². The highest BCUT2D eigenvalue weighted by Gasteiger charge is 2.18. The van der Waals surface area contributed by atoms with Crippen LogP contribution in [0, 0.1) is 0 Å². The lowest BCUT2D eigenvalue weighted by molar-refractivity contribution is -0.121. The van der Waals surface area contributed by atoms with Crippen molar-refractivity contribution in [3.8, 4) is 0 Å². The zero-order valence-electron chi connectivity index (χ0n) is 13.8. The molecule has 1 amide bonds. The summed E-state index contributed by atoms with van der Waals surface area (Å²) >= 11 is 15.2. The number of halogens is 3. The highest BCUT2D eigenvalue weighted by atomic mass is 79.9. The second kappa shape index (κ2) is 9.19. The van der Waals surface area contributed by atoms with Crippen molar-refractivity contribution in [2.24, 2.45) is 0 Å². The fourth-order valence-corrected chi connectivity index (χ4v) is 4.89. The zero-order valence-corrected chi connectivity index (χ0v) is 17.7. The van der Waals surface area contributed by atoms with Crippen molar-refractivity contribution in [1.29, 1.82) is 0 Å². The molecule has 2 N–H and O–H groups in total. The molecule has 0 bridgehead atoms. The van der Waals surface area contributed by atoms with Crippen LogP contribution in [-0.2, 0) is 14.8 Å². The summed E-state index contributed by atoms with van der Waals surface area (Å²) < 4.78 is 27.4. The summed E-state index contributed by atoms with van der Waals surface area (Å²) in [7, 11) is -3.69. The molecule has 0 saturated heterocycles. The monoisotopic (exact) mass is 478 g/mol. The fraction of sp³-hybridized carbons (Fsp3) is 0.235. The minimum atomic E-state index is -3.69. The molecule has 0 spiro atoms. The van der Waals surface area contributed by atoms with E-state index in [0.29, 0.717) is 14.5 Å².